The van der Waals surface area contributed by atoms with Crippen molar-refractivity contribution in [1.29, 1.82) is 0 Å². The standard InChI is InChI=1S/C27H21Cl2F2N5S/c1-27(2,18-5-10-21(28)22(29)12-18)25-14-32-26(36(25)20-8-6-19(30)7-9-20)37-15-17-4-3-16(11-23(17)31)24-13-33-35-34-24/h3-12,14H,13,15H2,1-2H3. The highest BCUT2D eigenvalue weighted by molar-refractivity contribution is 7.98. The molecule has 188 valence electrons. The van der Waals surface area contributed by atoms with Gasteiger partial charge in [-0.15, -0.1) is 5.10 Å². The van der Waals surface area contributed by atoms with Gasteiger partial charge in [0.05, 0.1) is 27.6 Å². The summed E-state index contributed by atoms with van der Waals surface area (Å²) in [7, 11) is 0. The van der Waals surface area contributed by atoms with Crippen LogP contribution in [-0.2, 0) is 11.2 Å². The number of halogens is 4. The molecule has 0 N–H and O–H groups in total. The van der Waals surface area contributed by atoms with Crippen molar-refractivity contribution in [1.82, 2.24) is 9.55 Å². The molecule has 5 nitrogen and oxygen atoms in total. The molecule has 0 fully saturated rings. The largest absolute Gasteiger partial charge is 0.291 e. The van der Waals surface area contributed by atoms with Gasteiger partial charge >= 0.3 is 0 Å². The summed E-state index contributed by atoms with van der Waals surface area (Å²) < 4.78 is 30.7. The van der Waals surface area contributed by atoms with Gasteiger partial charge in [-0.1, -0.05) is 67.0 Å². The highest BCUT2D eigenvalue weighted by Crippen LogP contribution is 2.38. The minimum Gasteiger partial charge on any atom is -0.291 e. The van der Waals surface area contributed by atoms with Crippen LogP contribution in [0.3, 0.4) is 0 Å². The molecule has 0 atom stereocenters. The first kappa shape index (κ1) is 25.6. The summed E-state index contributed by atoms with van der Waals surface area (Å²) in [4.78, 5) is 4.68. The Bertz CT molecular complexity index is 1530. The van der Waals surface area contributed by atoms with E-state index >= 15 is 0 Å². The van der Waals surface area contributed by atoms with E-state index in [2.05, 4.69) is 34.3 Å². The van der Waals surface area contributed by atoms with E-state index in [9.17, 15) is 8.78 Å². The van der Waals surface area contributed by atoms with Crippen LogP contribution in [0.1, 0.15) is 36.2 Å². The minimum atomic E-state index is -0.528. The van der Waals surface area contributed by atoms with Gasteiger partial charge in [-0.05, 0) is 58.8 Å². The van der Waals surface area contributed by atoms with Crippen molar-refractivity contribution in [2.24, 2.45) is 15.4 Å². The third kappa shape index (κ3) is 5.19. The number of imidazole rings is 1. The highest BCUT2D eigenvalue weighted by Gasteiger charge is 2.30. The van der Waals surface area contributed by atoms with Crippen LogP contribution in [0, 0.1) is 11.6 Å². The van der Waals surface area contributed by atoms with Gasteiger partial charge in [0.1, 0.15) is 18.2 Å². The molecule has 0 radical (unpaired) electrons. The van der Waals surface area contributed by atoms with Gasteiger partial charge in [-0.2, -0.15) is 5.11 Å². The molecule has 0 spiro atoms. The van der Waals surface area contributed by atoms with Gasteiger partial charge in [-0.25, -0.2) is 13.8 Å². The fraction of sp³-hybridized carbons (Fsp3) is 0.185. The van der Waals surface area contributed by atoms with Crippen LogP contribution < -0.4 is 0 Å². The van der Waals surface area contributed by atoms with Crippen molar-refractivity contribution >= 4 is 40.7 Å². The molecule has 0 unspecified atom stereocenters. The molecule has 10 heteroatoms. The predicted octanol–water partition coefficient (Wildman–Crippen LogP) is 8.25. The maximum absolute atomic E-state index is 14.9. The quantitative estimate of drug-likeness (QED) is 0.215. The monoisotopic (exact) mass is 555 g/mol. The van der Waals surface area contributed by atoms with Crippen LogP contribution in [0.25, 0.3) is 5.69 Å². The Balaban J connectivity index is 1.50. The van der Waals surface area contributed by atoms with Gasteiger partial charge in [0.15, 0.2) is 5.16 Å². The number of benzene rings is 3. The highest BCUT2D eigenvalue weighted by atomic mass is 35.5. The molecule has 0 bridgehead atoms. The molecule has 1 aromatic heterocycles. The molecule has 1 aliphatic heterocycles. The van der Waals surface area contributed by atoms with Crippen LogP contribution in [0.15, 0.2) is 87.5 Å². The zero-order chi connectivity index (χ0) is 26.2. The van der Waals surface area contributed by atoms with Gasteiger partial charge < -0.3 is 0 Å². The molecule has 0 amide bonds. The molecule has 5 rings (SSSR count). The molecule has 37 heavy (non-hydrogen) atoms. The Morgan fingerprint density at radius 2 is 1.76 bits per heavy atom. The second kappa shape index (κ2) is 10.4. The molecule has 0 aliphatic carbocycles. The molecule has 0 saturated carbocycles. The lowest BCUT2D eigenvalue weighted by molar-refractivity contribution is 0.591. The summed E-state index contributed by atoms with van der Waals surface area (Å²) in [6, 6.07) is 16.7. The third-order valence-electron chi connectivity index (χ3n) is 6.29. The average Bonchev–Trinajstić information content (AvgIpc) is 3.56. The fourth-order valence-corrected chi connectivity index (χ4v) is 5.38. The Morgan fingerprint density at radius 3 is 2.43 bits per heavy atom. The number of nitrogens with zero attached hydrogens (tertiary/aromatic N) is 5. The molecule has 1 aliphatic rings. The van der Waals surface area contributed by atoms with E-state index in [1.165, 1.54) is 30.0 Å². The SMILES string of the molecule is CC(C)(c1ccc(Cl)c(Cl)c1)c1cnc(SCc2ccc(C3=NN=NC3)cc2F)n1-c1ccc(F)cc1. The molecule has 4 aromatic rings. The van der Waals surface area contributed by atoms with E-state index in [4.69, 9.17) is 23.2 Å². The number of thioether (sulfide) groups is 1. The third-order valence-corrected chi connectivity index (χ3v) is 8.03. The fourth-order valence-electron chi connectivity index (χ4n) is 4.10. The molecule has 3 aromatic carbocycles. The first-order chi connectivity index (χ1) is 17.7. The van der Waals surface area contributed by atoms with Crippen molar-refractivity contribution in [2.45, 2.75) is 30.2 Å². The molecule has 0 saturated heterocycles. The number of hydrogen-bond acceptors (Lipinski definition) is 5. The van der Waals surface area contributed by atoms with E-state index in [1.54, 1.807) is 30.5 Å². The molecular formula is C27H21Cl2F2N5S. The smallest absolute Gasteiger partial charge is 0.173 e. The molecular weight excluding hydrogens is 535 g/mol. The zero-order valence-electron chi connectivity index (χ0n) is 19.9. The summed E-state index contributed by atoms with van der Waals surface area (Å²) in [5.74, 6) is -0.327. The van der Waals surface area contributed by atoms with Crippen molar-refractivity contribution in [3.8, 4) is 5.69 Å². The van der Waals surface area contributed by atoms with Crippen molar-refractivity contribution < 1.29 is 8.78 Å². The van der Waals surface area contributed by atoms with Crippen molar-refractivity contribution in [3.05, 3.63) is 111 Å². The Labute approximate surface area is 227 Å². The summed E-state index contributed by atoms with van der Waals surface area (Å²) >= 11 is 13.9. The van der Waals surface area contributed by atoms with E-state index in [-0.39, 0.29) is 11.6 Å². The normalized spacial score (nSPS) is 13.3. The Morgan fingerprint density at radius 1 is 0.973 bits per heavy atom. The average molecular weight is 556 g/mol. The topological polar surface area (TPSA) is 54.9 Å². The van der Waals surface area contributed by atoms with Gasteiger partial charge in [-0.3, -0.25) is 4.57 Å². The lowest BCUT2D eigenvalue weighted by Crippen LogP contribution is -2.23. The van der Waals surface area contributed by atoms with Crippen molar-refractivity contribution in [3.63, 3.8) is 0 Å². The number of rotatable bonds is 7. The Kier molecular flexibility index (Phi) is 7.16. The summed E-state index contributed by atoms with van der Waals surface area (Å²) in [5, 5.41) is 12.9. The van der Waals surface area contributed by atoms with Gasteiger partial charge in [0.2, 0.25) is 0 Å². The van der Waals surface area contributed by atoms with E-state index < -0.39 is 5.41 Å². The van der Waals surface area contributed by atoms with E-state index in [1.807, 2.05) is 22.8 Å². The summed E-state index contributed by atoms with van der Waals surface area (Å²) in [5.41, 5.74) is 3.85. The Hall–Kier alpha value is -3.07. The maximum atomic E-state index is 14.9. The van der Waals surface area contributed by atoms with E-state index in [0.29, 0.717) is 44.3 Å². The van der Waals surface area contributed by atoms with Crippen LogP contribution in [0.2, 0.25) is 10.0 Å². The number of hydrogen-bond donors (Lipinski definition) is 0. The molecule has 2 heterocycles. The zero-order valence-corrected chi connectivity index (χ0v) is 22.2. The van der Waals surface area contributed by atoms with Crippen molar-refractivity contribution in [2.75, 3.05) is 6.54 Å². The maximum Gasteiger partial charge on any atom is 0.173 e. The second-order valence-electron chi connectivity index (χ2n) is 9.02. The van der Waals surface area contributed by atoms with Gasteiger partial charge in [0.25, 0.3) is 0 Å². The van der Waals surface area contributed by atoms with Crippen LogP contribution in [0.4, 0.5) is 8.78 Å². The minimum absolute atomic E-state index is 0.335. The summed E-state index contributed by atoms with van der Waals surface area (Å²) in [6.07, 6.45) is 1.79. The summed E-state index contributed by atoms with van der Waals surface area (Å²) in [6.45, 7) is 4.46. The first-order valence-electron chi connectivity index (χ1n) is 11.4. The van der Waals surface area contributed by atoms with Crippen LogP contribution >= 0.6 is 35.0 Å². The number of aromatic nitrogens is 2. The lowest BCUT2D eigenvalue weighted by atomic mass is 9.81. The van der Waals surface area contributed by atoms with E-state index in [0.717, 1.165) is 16.9 Å². The van der Waals surface area contributed by atoms with Crippen LogP contribution in [0.5, 0.6) is 0 Å². The lowest BCUT2D eigenvalue weighted by Gasteiger charge is -2.28. The van der Waals surface area contributed by atoms with Gasteiger partial charge in [0, 0.05) is 22.4 Å². The first-order valence-corrected chi connectivity index (χ1v) is 13.1. The van der Waals surface area contributed by atoms with Crippen LogP contribution in [-0.4, -0.2) is 21.8 Å². The predicted molar refractivity (Wildman–Crippen MR) is 144 cm³/mol. The second-order valence-corrected chi connectivity index (χ2v) is 10.8.